The van der Waals surface area contributed by atoms with Crippen LogP contribution in [0, 0.1) is 5.82 Å². The van der Waals surface area contributed by atoms with Crippen molar-refractivity contribution in [1.29, 1.82) is 0 Å². The molecule has 0 bridgehead atoms. The molecule has 35 heavy (non-hydrogen) atoms. The number of anilines is 1. The molecule has 3 aromatic carbocycles. The van der Waals surface area contributed by atoms with E-state index in [1.54, 1.807) is 65.3 Å². The van der Waals surface area contributed by atoms with Gasteiger partial charge in [0.1, 0.15) is 30.0 Å². The highest BCUT2D eigenvalue weighted by Gasteiger charge is 2.41. The van der Waals surface area contributed by atoms with Gasteiger partial charge in [0, 0.05) is 21.7 Å². The van der Waals surface area contributed by atoms with Gasteiger partial charge in [-0.15, -0.1) is 0 Å². The molecule has 6 rings (SSSR count). The summed E-state index contributed by atoms with van der Waals surface area (Å²) < 4.78 is 28.1. The van der Waals surface area contributed by atoms with Gasteiger partial charge in [-0.1, -0.05) is 41.9 Å². The maximum atomic E-state index is 15.2. The van der Waals surface area contributed by atoms with Crippen LogP contribution in [0.3, 0.4) is 0 Å². The summed E-state index contributed by atoms with van der Waals surface area (Å²) >= 11 is 6.34. The number of hydrogen-bond acceptors (Lipinski definition) is 6. The molecule has 174 valence electrons. The first-order valence-electron chi connectivity index (χ1n) is 10.8. The Hall–Kier alpha value is -4.17. The fourth-order valence-corrected chi connectivity index (χ4v) is 4.80. The van der Waals surface area contributed by atoms with Crippen LogP contribution in [0.5, 0.6) is 5.75 Å². The molecule has 0 fully saturated rings. The average Bonchev–Trinajstić information content (AvgIpc) is 3.36. The van der Waals surface area contributed by atoms with E-state index in [4.69, 9.17) is 21.1 Å². The third-order valence-corrected chi connectivity index (χ3v) is 6.45. The van der Waals surface area contributed by atoms with Crippen molar-refractivity contribution in [3.8, 4) is 5.75 Å². The maximum absolute atomic E-state index is 15.2. The monoisotopic (exact) mass is 488 g/mol. The van der Waals surface area contributed by atoms with Gasteiger partial charge in [0.05, 0.1) is 18.4 Å². The molecule has 0 aliphatic carbocycles. The van der Waals surface area contributed by atoms with E-state index in [0.29, 0.717) is 27.8 Å². The number of hydrogen-bond donors (Lipinski definition) is 1. The summed E-state index contributed by atoms with van der Waals surface area (Å²) in [5.74, 6) is 0.286. The van der Waals surface area contributed by atoms with Crippen molar-refractivity contribution >= 4 is 29.2 Å². The Morgan fingerprint density at radius 3 is 2.71 bits per heavy atom. The molecule has 1 aromatic heterocycles. The summed E-state index contributed by atoms with van der Waals surface area (Å²) in [6.45, 7) is 0. The number of benzene rings is 3. The van der Waals surface area contributed by atoms with E-state index in [2.05, 4.69) is 15.4 Å². The lowest BCUT2D eigenvalue weighted by atomic mass is 9.84. The summed E-state index contributed by atoms with van der Waals surface area (Å²) in [4.78, 5) is 16.3. The number of fused-ring (bicyclic) bond motifs is 3. The van der Waals surface area contributed by atoms with Gasteiger partial charge in [0.2, 0.25) is 5.95 Å². The fourth-order valence-electron chi connectivity index (χ4n) is 4.62. The van der Waals surface area contributed by atoms with E-state index in [9.17, 15) is 4.79 Å². The zero-order valence-corrected chi connectivity index (χ0v) is 19.2. The van der Waals surface area contributed by atoms with E-state index in [1.165, 1.54) is 19.5 Å². The third kappa shape index (κ3) is 3.45. The number of nitrogens with zero attached hydrogens (tertiary/aromatic N) is 3. The van der Waals surface area contributed by atoms with Crippen LogP contribution in [-0.2, 0) is 4.74 Å². The number of ether oxygens (including phenoxy) is 2. The fraction of sp³-hybridized carbons (Fsp3) is 0.115. The predicted octanol–water partition coefficient (Wildman–Crippen LogP) is 5.42. The number of carbonyl (C=O) groups is 1. The average molecular weight is 489 g/mol. The van der Waals surface area contributed by atoms with E-state index in [-0.39, 0.29) is 5.82 Å². The predicted molar refractivity (Wildman–Crippen MR) is 128 cm³/mol. The van der Waals surface area contributed by atoms with E-state index < -0.39 is 18.1 Å². The molecular weight excluding hydrogens is 471 g/mol. The molecule has 2 atom stereocenters. The second-order valence-corrected chi connectivity index (χ2v) is 8.60. The molecule has 0 radical (unpaired) electrons. The first kappa shape index (κ1) is 21.4. The zero-order valence-electron chi connectivity index (χ0n) is 18.4. The molecule has 0 saturated heterocycles. The van der Waals surface area contributed by atoms with Crippen molar-refractivity contribution in [1.82, 2.24) is 14.8 Å². The normalized spacial score (nSPS) is 18.0. The van der Waals surface area contributed by atoms with Crippen molar-refractivity contribution in [3.05, 3.63) is 112 Å². The van der Waals surface area contributed by atoms with Crippen molar-refractivity contribution < 1.29 is 18.7 Å². The standard InChI is InChI=1S/C26H18ClFN4O3/c1-34-25(33)15-8-6-14(7-9-15)24-21-22(18-12-16(27)10-11-20(18)35-24)31-26-29-13-30-32(26)23(21)17-4-2-3-5-19(17)28/h2-13,23-24H,1H3,(H,29,30,31)/t23-,24-/m1/s1. The highest BCUT2D eigenvalue weighted by molar-refractivity contribution is 6.30. The first-order chi connectivity index (χ1) is 17.0. The van der Waals surface area contributed by atoms with Gasteiger partial charge in [-0.3, -0.25) is 0 Å². The second-order valence-electron chi connectivity index (χ2n) is 8.16. The Labute approximate surface area is 204 Å². The minimum atomic E-state index is -0.637. The molecule has 7 nitrogen and oxygen atoms in total. The van der Waals surface area contributed by atoms with E-state index >= 15 is 4.39 Å². The van der Waals surface area contributed by atoms with Crippen molar-refractivity contribution in [2.24, 2.45) is 0 Å². The first-order valence-corrected chi connectivity index (χ1v) is 11.2. The Bertz CT molecular complexity index is 1500. The van der Waals surface area contributed by atoms with Crippen LogP contribution in [0.25, 0.3) is 5.70 Å². The molecule has 1 N–H and O–H groups in total. The van der Waals surface area contributed by atoms with Gasteiger partial charge in [0.15, 0.2) is 0 Å². The van der Waals surface area contributed by atoms with Gasteiger partial charge in [-0.2, -0.15) is 10.1 Å². The van der Waals surface area contributed by atoms with Crippen LogP contribution in [0.15, 0.2) is 78.6 Å². The van der Waals surface area contributed by atoms with Crippen molar-refractivity contribution in [2.75, 3.05) is 12.4 Å². The minimum Gasteiger partial charge on any atom is -0.480 e. The van der Waals surface area contributed by atoms with Crippen molar-refractivity contribution in [3.63, 3.8) is 0 Å². The van der Waals surface area contributed by atoms with Crippen LogP contribution >= 0.6 is 11.6 Å². The molecule has 0 saturated carbocycles. The SMILES string of the molecule is COC(=O)c1ccc([C@H]2Oc3ccc(Cl)cc3C3=C2[C@@H](c2ccccc2F)n2ncnc2N3)cc1. The molecule has 2 aliphatic heterocycles. The largest absolute Gasteiger partial charge is 0.480 e. The maximum Gasteiger partial charge on any atom is 0.337 e. The number of nitrogens with one attached hydrogen (secondary N) is 1. The number of methoxy groups -OCH3 is 1. The van der Waals surface area contributed by atoms with Crippen LogP contribution in [-0.4, -0.2) is 27.8 Å². The smallest absolute Gasteiger partial charge is 0.337 e. The van der Waals surface area contributed by atoms with Crippen LogP contribution in [0.2, 0.25) is 5.02 Å². The van der Waals surface area contributed by atoms with Gasteiger partial charge >= 0.3 is 5.97 Å². The van der Waals surface area contributed by atoms with E-state index in [1.807, 2.05) is 0 Å². The van der Waals surface area contributed by atoms with Gasteiger partial charge in [-0.05, 0) is 42.0 Å². The minimum absolute atomic E-state index is 0.371. The Kier molecular flexibility index (Phi) is 5.04. The summed E-state index contributed by atoms with van der Waals surface area (Å²) in [7, 11) is 1.34. The molecule has 0 spiro atoms. The van der Waals surface area contributed by atoms with Crippen LogP contribution in [0.4, 0.5) is 10.3 Å². The molecule has 3 heterocycles. The van der Waals surface area contributed by atoms with E-state index in [0.717, 1.165) is 22.4 Å². The molecule has 0 unspecified atom stereocenters. The third-order valence-electron chi connectivity index (χ3n) is 6.21. The number of aromatic nitrogens is 3. The summed E-state index contributed by atoms with van der Waals surface area (Å²) in [6, 6.07) is 18.3. The summed E-state index contributed by atoms with van der Waals surface area (Å²) in [6.07, 6.45) is 0.814. The molecule has 0 amide bonds. The zero-order chi connectivity index (χ0) is 24.1. The highest BCUT2D eigenvalue weighted by atomic mass is 35.5. The van der Waals surface area contributed by atoms with Crippen molar-refractivity contribution in [2.45, 2.75) is 12.1 Å². The Balaban J connectivity index is 1.59. The summed E-state index contributed by atoms with van der Waals surface area (Å²) in [5, 5.41) is 8.29. The highest BCUT2D eigenvalue weighted by Crippen LogP contribution is 2.51. The van der Waals surface area contributed by atoms with Gasteiger partial charge in [0.25, 0.3) is 0 Å². The van der Waals surface area contributed by atoms with Crippen LogP contribution in [0.1, 0.15) is 39.2 Å². The Morgan fingerprint density at radius 2 is 1.94 bits per heavy atom. The lowest BCUT2D eigenvalue weighted by Gasteiger charge is -2.39. The lowest BCUT2D eigenvalue weighted by Crippen LogP contribution is -2.32. The second kappa shape index (κ2) is 8.25. The van der Waals surface area contributed by atoms with Gasteiger partial charge < -0.3 is 14.8 Å². The molecule has 4 aromatic rings. The summed E-state index contributed by atoms with van der Waals surface area (Å²) in [5.41, 5.74) is 3.83. The number of rotatable bonds is 3. The molecule has 9 heteroatoms. The molecule has 2 aliphatic rings. The Morgan fingerprint density at radius 1 is 1.14 bits per heavy atom. The number of halogens is 2. The molecular formula is C26H18ClFN4O3. The lowest BCUT2D eigenvalue weighted by molar-refractivity contribution is 0.0600. The number of esters is 1. The topological polar surface area (TPSA) is 78.3 Å². The van der Waals surface area contributed by atoms with Gasteiger partial charge in [-0.25, -0.2) is 13.9 Å². The quantitative estimate of drug-likeness (QED) is 0.388. The van der Waals surface area contributed by atoms with Crippen LogP contribution < -0.4 is 10.1 Å². The number of carbonyl (C=O) groups excluding carboxylic acids is 1.